The minimum atomic E-state index is -4.10. The number of benzene rings is 3. The van der Waals surface area contributed by atoms with Crippen molar-refractivity contribution < 1.29 is 17.9 Å². The molecule has 0 aliphatic rings. The lowest BCUT2D eigenvalue weighted by Crippen LogP contribution is -2.30. The van der Waals surface area contributed by atoms with Gasteiger partial charge in [-0.25, -0.2) is 18.4 Å². The van der Waals surface area contributed by atoms with E-state index in [1.165, 1.54) is 19.2 Å². The number of methoxy groups -OCH3 is 1. The SMILES string of the molecule is COc1ccc(Cl)c(Nc2nc3ccccc3nc2NS(=O)(=O)c2cccc(N(C)CC(N)=O)c2)c1. The first-order valence-corrected chi connectivity index (χ1v) is 12.5. The van der Waals surface area contributed by atoms with E-state index in [9.17, 15) is 13.2 Å². The van der Waals surface area contributed by atoms with E-state index < -0.39 is 15.9 Å². The van der Waals surface area contributed by atoms with Crippen LogP contribution in [0.5, 0.6) is 5.75 Å². The maximum absolute atomic E-state index is 13.3. The molecule has 0 atom stereocenters. The molecule has 0 radical (unpaired) electrons. The van der Waals surface area contributed by atoms with E-state index in [0.29, 0.717) is 33.2 Å². The second-order valence-electron chi connectivity index (χ2n) is 7.81. The highest BCUT2D eigenvalue weighted by atomic mass is 35.5. The number of primary amides is 1. The van der Waals surface area contributed by atoms with Crippen LogP contribution in [0.25, 0.3) is 11.0 Å². The molecule has 0 spiro atoms. The summed E-state index contributed by atoms with van der Waals surface area (Å²) in [6.45, 7) is -0.0670. The molecule has 4 N–H and O–H groups in total. The Labute approximate surface area is 213 Å². The Bertz CT molecular complexity index is 1550. The number of amides is 1. The standard InChI is InChI=1S/C24H23ClN6O4S/c1-31(14-22(26)32)15-6-5-7-17(12-15)36(33,34)30-24-23(27-19-8-3-4-9-20(19)28-24)29-21-13-16(35-2)10-11-18(21)25/h3-13H,14H2,1-2H3,(H2,26,32)(H,27,29)(H,28,30). The number of nitrogens with zero attached hydrogens (tertiary/aromatic N) is 3. The number of halogens is 1. The number of nitrogens with two attached hydrogens (primary N) is 1. The van der Waals surface area contributed by atoms with Gasteiger partial charge in [-0.05, 0) is 42.5 Å². The maximum atomic E-state index is 13.3. The average Bonchev–Trinajstić information content (AvgIpc) is 2.85. The van der Waals surface area contributed by atoms with Gasteiger partial charge in [-0.2, -0.15) is 0 Å². The van der Waals surface area contributed by atoms with Crippen LogP contribution in [0.3, 0.4) is 0 Å². The van der Waals surface area contributed by atoms with Gasteiger partial charge >= 0.3 is 0 Å². The molecule has 4 rings (SSSR count). The van der Waals surface area contributed by atoms with Crippen LogP contribution in [0, 0.1) is 0 Å². The zero-order chi connectivity index (χ0) is 25.9. The number of aromatic nitrogens is 2. The summed E-state index contributed by atoms with van der Waals surface area (Å²) in [7, 11) is -0.934. The van der Waals surface area contributed by atoms with Crippen LogP contribution in [0.15, 0.2) is 71.6 Å². The van der Waals surface area contributed by atoms with Gasteiger partial charge < -0.3 is 20.7 Å². The van der Waals surface area contributed by atoms with Crippen molar-refractivity contribution in [2.45, 2.75) is 4.90 Å². The number of rotatable bonds is 9. The molecule has 1 amide bonds. The van der Waals surface area contributed by atoms with E-state index in [0.717, 1.165) is 0 Å². The number of hydrogen-bond donors (Lipinski definition) is 3. The highest BCUT2D eigenvalue weighted by Crippen LogP contribution is 2.33. The number of nitrogens with one attached hydrogen (secondary N) is 2. The minimum Gasteiger partial charge on any atom is -0.497 e. The molecule has 1 heterocycles. The molecule has 0 fully saturated rings. The van der Waals surface area contributed by atoms with Crippen LogP contribution in [0.1, 0.15) is 0 Å². The third kappa shape index (κ3) is 5.58. The van der Waals surface area contributed by atoms with E-state index in [1.807, 2.05) is 0 Å². The molecule has 36 heavy (non-hydrogen) atoms. The Balaban J connectivity index is 1.74. The minimum absolute atomic E-state index is 0.0246. The summed E-state index contributed by atoms with van der Waals surface area (Å²) in [6.07, 6.45) is 0. The Morgan fingerprint density at radius 1 is 1.03 bits per heavy atom. The summed E-state index contributed by atoms with van der Waals surface area (Å²) < 4.78 is 34.5. The molecule has 186 valence electrons. The van der Waals surface area contributed by atoms with Crippen molar-refractivity contribution in [2.75, 3.05) is 35.6 Å². The van der Waals surface area contributed by atoms with Gasteiger partial charge in [0, 0.05) is 18.8 Å². The average molecular weight is 527 g/mol. The zero-order valence-corrected chi connectivity index (χ0v) is 21.0. The largest absolute Gasteiger partial charge is 0.497 e. The smallest absolute Gasteiger partial charge is 0.263 e. The summed E-state index contributed by atoms with van der Waals surface area (Å²) in [5.74, 6) is 0.134. The van der Waals surface area contributed by atoms with E-state index in [2.05, 4.69) is 20.0 Å². The second-order valence-corrected chi connectivity index (χ2v) is 9.90. The van der Waals surface area contributed by atoms with Gasteiger partial charge in [0.25, 0.3) is 10.0 Å². The number of carbonyl (C=O) groups is 1. The molecule has 12 heteroatoms. The highest BCUT2D eigenvalue weighted by Gasteiger charge is 2.21. The number of ether oxygens (including phenoxy) is 1. The molecule has 0 saturated carbocycles. The Morgan fingerprint density at radius 3 is 2.39 bits per heavy atom. The molecule has 0 saturated heterocycles. The molecule has 0 aliphatic carbocycles. The number of anilines is 4. The number of hydrogen-bond acceptors (Lipinski definition) is 8. The molecular formula is C24H23ClN6O4S. The van der Waals surface area contributed by atoms with Gasteiger partial charge in [-0.15, -0.1) is 0 Å². The number of fused-ring (bicyclic) bond motifs is 1. The first-order valence-electron chi connectivity index (χ1n) is 10.7. The first-order chi connectivity index (χ1) is 17.2. The number of likely N-dealkylation sites (N-methyl/N-ethyl adjacent to an activating group) is 1. The van der Waals surface area contributed by atoms with E-state index in [1.54, 1.807) is 66.5 Å². The molecule has 0 unspecified atom stereocenters. The summed E-state index contributed by atoms with van der Waals surface area (Å²) >= 11 is 6.34. The van der Waals surface area contributed by atoms with Gasteiger partial charge in [-0.3, -0.25) is 9.52 Å². The van der Waals surface area contributed by atoms with Gasteiger partial charge in [0.2, 0.25) is 5.91 Å². The summed E-state index contributed by atoms with van der Waals surface area (Å²) in [6, 6.07) is 18.2. The van der Waals surface area contributed by atoms with E-state index in [4.69, 9.17) is 22.1 Å². The Hall–Kier alpha value is -4.09. The molecule has 3 aromatic carbocycles. The molecule has 0 bridgehead atoms. The van der Waals surface area contributed by atoms with Crippen molar-refractivity contribution in [3.05, 3.63) is 71.8 Å². The van der Waals surface area contributed by atoms with Crippen molar-refractivity contribution in [3.8, 4) is 5.75 Å². The van der Waals surface area contributed by atoms with Crippen molar-refractivity contribution in [1.29, 1.82) is 0 Å². The van der Waals surface area contributed by atoms with Crippen LogP contribution < -0.4 is 25.4 Å². The molecule has 10 nitrogen and oxygen atoms in total. The quantitative estimate of drug-likeness (QED) is 0.299. The third-order valence-corrected chi connectivity index (χ3v) is 6.86. The Kier molecular flexibility index (Phi) is 7.13. The van der Waals surface area contributed by atoms with Crippen LogP contribution in [-0.2, 0) is 14.8 Å². The van der Waals surface area contributed by atoms with Gasteiger partial charge in [0.05, 0.1) is 40.3 Å². The molecule has 0 aliphatic heterocycles. The molecule has 4 aromatic rings. The Morgan fingerprint density at radius 2 is 1.72 bits per heavy atom. The topological polar surface area (TPSA) is 140 Å². The summed E-state index contributed by atoms with van der Waals surface area (Å²) in [4.78, 5) is 21.8. The number of carbonyl (C=O) groups excluding carboxylic acids is 1. The number of sulfonamides is 1. The lowest BCUT2D eigenvalue weighted by molar-refractivity contribution is -0.116. The van der Waals surface area contributed by atoms with Gasteiger partial charge in [0.1, 0.15) is 5.75 Å². The fraction of sp³-hybridized carbons (Fsp3) is 0.125. The lowest BCUT2D eigenvalue weighted by atomic mass is 10.3. The van der Waals surface area contributed by atoms with Crippen LogP contribution in [0.2, 0.25) is 5.02 Å². The van der Waals surface area contributed by atoms with Crippen molar-refractivity contribution in [1.82, 2.24) is 9.97 Å². The fourth-order valence-electron chi connectivity index (χ4n) is 3.41. The predicted molar refractivity (Wildman–Crippen MR) is 141 cm³/mol. The third-order valence-electron chi connectivity index (χ3n) is 5.19. The fourth-order valence-corrected chi connectivity index (χ4v) is 4.63. The molecular weight excluding hydrogens is 504 g/mol. The maximum Gasteiger partial charge on any atom is 0.263 e. The van der Waals surface area contributed by atoms with Crippen LogP contribution in [0.4, 0.5) is 23.0 Å². The monoisotopic (exact) mass is 526 g/mol. The van der Waals surface area contributed by atoms with Crippen molar-refractivity contribution in [2.24, 2.45) is 5.73 Å². The second kappa shape index (κ2) is 10.3. The van der Waals surface area contributed by atoms with Gasteiger partial charge in [0.15, 0.2) is 11.6 Å². The number of para-hydroxylation sites is 2. The first kappa shape index (κ1) is 25.0. The zero-order valence-electron chi connectivity index (χ0n) is 19.4. The highest BCUT2D eigenvalue weighted by molar-refractivity contribution is 7.92. The summed E-state index contributed by atoms with van der Waals surface area (Å²) in [5.41, 5.74) is 7.26. The van der Waals surface area contributed by atoms with Crippen LogP contribution >= 0.6 is 11.6 Å². The van der Waals surface area contributed by atoms with Crippen LogP contribution in [-0.4, -0.2) is 45.0 Å². The lowest BCUT2D eigenvalue weighted by Gasteiger charge is -2.18. The predicted octanol–water partition coefficient (Wildman–Crippen LogP) is 3.76. The van der Waals surface area contributed by atoms with E-state index in [-0.39, 0.29) is 23.1 Å². The molecule has 1 aromatic heterocycles. The van der Waals surface area contributed by atoms with Crippen molar-refractivity contribution in [3.63, 3.8) is 0 Å². The van der Waals surface area contributed by atoms with E-state index >= 15 is 0 Å². The van der Waals surface area contributed by atoms with Crippen molar-refractivity contribution >= 4 is 61.6 Å². The van der Waals surface area contributed by atoms with Gasteiger partial charge in [-0.1, -0.05) is 29.8 Å². The summed E-state index contributed by atoms with van der Waals surface area (Å²) in [5, 5.41) is 3.44. The normalized spacial score (nSPS) is 11.2.